The molecule has 0 aliphatic rings. The summed E-state index contributed by atoms with van der Waals surface area (Å²) in [7, 11) is 1.71. The van der Waals surface area contributed by atoms with Crippen LogP contribution in [-0.4, -0.2) is 33.7 Å². The second kappa shape index (κ2) is 9.19. The number of hydrogen-bond donors (Lipinski definition) is 0. The SMILES string of the molecule is CCC(=O)N(C)c1cnc(-c2ccc(C(=O)CCc3cccnc3C)cc2)nc1. The van der Waals surface area contributed by atoms with E-state index in [4.69, 9.17) is 0 Å². The Morgan fingerprint density at radius 2 is 1.69 bits per heavy atom. The second-order valence-electron chi connectivity index (χ2n) is 6.82. The number of carbonyl (C=O) groups excluding carboxylic acids is 2. The van der Waals surface area contributed by atoms with E-state index in [0.29, 0.717) is 36.3 Å². The molecule has 3 aromatic rings. The quantitative estimate of drug-likeness (QED) is 0.571. The van der Waals surface area contributed by atoms with Crippen molar-refractivity contribution in [2.24, 2.45) is 0 Å². The number of pyridine rings is 1. The van der Waals surface area contributed by atoms with Crippen LogP contribution in [0.1, 0.15) is 41.4 Å². The Balaban J connectivity index is 1.66. The molecule has 148 valence electrons. The number of rotatable bonds is 7. The predicted molar refractivity (Wildman–Crippen MR) is 113 cm³/mol. The largest absolute Gasteiger partial charge is 0.313 e. The highest BCUT2D eigenvalue weighted by Crippen LogP contribution is 2.19. The van der Waals surface area contributed by atoms with Gasteiger partial charge in [0.25, 0.3) is 0 Å². The molecule has 0 unspecified atom stereocenters. The smallest absolute Gasteiger partial charge is 0.226 e. The molecule has 6 heteroatoms. The summed E-state index contributed by atoms with van der Waals surface area (Å²) in [4.78, 5) is 38.8. The summed E-state index contributed by atoms with van der Waals surface area (Å²) < 4.78 is 0. The maximum Gasteiger partial charge on any atom is 0.226 e. The first-order valence-corrected chi connectivity index (χ1v) is 9.62. The Kier molecular flexibility index (Phi) is 6.44. The van der Waals surface area contributed by atoms with Gasteiger partial charge in [-0.25, -0.2) is 9.97 Å². The van der Waals surface area contributed by atoms with Crippen molar-refractivity contribution >= 4 is 17.4 Å². The first-order chi connectivity index (χ1) is 14.0. The van der Waals surface area contributed by atoms with Crippen LogP contribution >= 0.6 is 0 Å². The minimum absolute atomic E-state index is 0.00527. The van der Waals surface area contributed by atoms with Gasteiger partial charge in [0.2, 0.25) is 5.91 Å². The normalized spacial score (nSPS) is 10.6. The highest BCUT2D eigenvalue weighted by atomic mass is 16.2. The average Bonchev–Trinajstić information content (AvgIpc) is 2.77. The minimum Gasteiger partial charge on any atom is -0.313 e. The Morgan fingerprint density at radius 3 is 2.31 bits per heavy atom. The number of amides is 1. The molecule has 0 saturated carbocycles. The number of benzene rings is 1. The van der Waals surface area contributed by atoms with E-state index in [0.717, 1.165) is 16.8 Å². The number of Topliss-reactive ketones (excluding diaryl/α,β-unsaturated/α-hetero) is 1. The van der Waals surface area contributed by atoms with Gasteiger partial charge in [-0.05, 0) is 25.0 Å². The summed E-state index contributed by atoms with van der Waals surface area (Å²) in [6.45, 7) is 3.77. The van der Waals surface area contributed by atoms with E-state index in [9.17, 15) is 9.59 Å². The molecular weight excluding hydrogens is 364 g/mol. The van der Waals surface area contributed by atoms with Gasteiger partial charge in [-0.3, -0.25) is 14.6 Å². The average molecular weight is 388 g/mol. The summed E-state index contributed by atoms with van der Waals surface area (Å²) in [6.07, 6.45) is 6.56. The van der Waals surface area contributed by atoms with Crippen molar-refractivity contribution in [3.05, 3.63) is 71.8 Å². The molecule has 0 atom stereocenters. The molecule has 3 rings (SSSR count). The number of anilines is 1. The molecule has 29 heavy (non-hydrogen) atoms. The van der Waals surface area contributed by atoms with E-state index >= 15 is 0 Å². The highest BCUT2D eigenvalue weighted by Gasteiger charge is 2.11. The fourth-order valence-electron chi connectivity index (χ4n) is 3.00. The molecular formula is C23H24N4O2. The van der Waals surface area contributed by atoms with Crippen LogP contribution in [0, 0.1) is 6.92 Å². The van der Waals surface area contributed by atoms with Gasteiger partial charge in [-0.15, -0.1) is 0 Å². The first kappa shape index (κ1) is 20.3. The van der Waals surface area contributed by atoms with E-state index < -0.39 is 0 Å². The minimum atomic E-state index is 0.00527. The van der Waals surface area contributed by atoms with Crippen molar-refractivity contribution in [2.45, 2.75) is 33.1 Å². The molecule has 1 aromatic carbocycles. The lowest BCUT2D eigenvalue weighted by Gasteiger charge is -2.15. The zero-order valence-electron chi connectivity index (χ0n) is 16.9. The van der Waals surface area contributed by atoms with Crippen LogP contribution in [0.5, 0.6) is 0 Å². The van der Waals surface area contributed by atoms with E-state index in [-0.39, 0.29) is 11.7 Å². The summed E-state index contributed by atoms with van der Waals surface area (Å²) in [5.41, 5.74) is 4.19. The van der Waals surface area contributed by atoms with E-state index in [1.807, 2.05) is 38.1 Å². The molecule has 0 N–H and O–H groups in total. The van der Waals surface area contributed by atoms with Gasteiger partial charge in [-0.2, -0.15) is 0 Å². The zero-order chi connectivity index (χ0) is 20.8. The first-order valence-electron chi connectivity index (χ1n) is 9.62. The maximum absolute atomic E-state index is 12.5. The molecule has 0 aliphatic heterocycles. The van der Waals surface area contributed by atoms with Crippen molar-refractivity contribution in [1.29, 1.82) is 0 Å². The topological polar surface area (TPSA) is 76.1 Å². The molecule has 0 fully saturated rings. The van der Waals surface area contributed by atoms with Gasteiger partial charge in [0, 0.05) is 42.9 Å². The van der Waals surface area contributed by atoms with Gasteiger partial charge in [0.1, 0.15) is 0 Å². The van der Waals surface area contributed by atoms with Crippen molar-refractivity contribution in [1.82, 2.24) is 15.0 Å². The standard InChI is InChI=1S/C23H24N4O2/c1-4-22(29)27(3)20-14-25-23(26-15-20)19-9-7-18(8-10-19)21(28)12-11-17-6-5-13-24-16(17)2/h5-10,13-15H,4,11-12H2,1-3H3. The molecule has 0 bridgehead atoms. The Morgan fingerprint density at radius 1 is 1.00 bits per heavy atom. The molecule has 2 heterocycles. The molecule has 0 radical (unpaired) electrons. The molecule has 0 aliphatic carbocycles. The molecule has 0 saturated heterocycles. The number of carbonyl (C=O) groups is 2. The van der Waals surface area contributed by atoms with E-state index in [1.54, 1.807) is 37.8 Å². The summed E-state index contributed by atoms with van der Waals surface area (Å²) in [5, 5.41) is 0. The number of ketones is 1. The van der Waals surface area contributed by atoms with Crippen molar-refractivity contribution in [2.75, 3.05) is 11.9 Å². The second-order valence-corrected chi connectivity index (χ2v) is 6.82. The van der Waals surface area contributed by atoms with E-state index in [1.165, 1.54) is 4.90 Å². The lowest BCUT2D eigenvalue weighted by Crippen LogP contribution is -2.25. The predicted octanol–water partition coefficient (Wildman–Crippen LogP) is 4.04. The van der Waals surface area contributed by atoms with Crippen LogP contribution in [-0.2, 0) is 11.2 Å². The van der Waals surface area contributed by atoms with Crippen molar-refractivity contribution < 1.29 is 9.59 Å². The Hall–Kier alpha value is -3.41. The molecule has 0 spiro atoms. The molecule has 2 aromatic heterocycles. The van der Waals surface area contributed by atoms with Crippen LogP contribution in [0.25, 0.3) is 11.4 Å². The van der Waals surface area contributed by atoms with Crippen molar-refractivity contribution in [3.63, 3.8) is 0 Å². The van der Waals surface area contributed by atoms with Gasteiger partial charge < -0.3 is 4.90 Å². The van der Waals surface area contributed by atoms with Crippen LogP contribution in [0.4, 0.5) is 5.69 Å². The van der Waals surface area contributed by atoms with Crippen LogP contribution in [0.3, 0.4) is 0 Å². The van der Waals surface area contributed by atoms with Crippen LogP contribution < -0.4 is 4.90 Å². The van der Waals surface area contributed by atoms with Gasteiger partial charge in [0.05, 0.1) is 18.1 Å². The van der Waals surface area contributed by atoms with Gasteiger partial charge >= 0.3 is 0 Å². The van der Waals surface area contributed by atoms with Crippen molar-refractivity contribution in [3.8, 4) is 11.4 Å². The Bertz CT molecular complexity index is 998. The highest BCUT2D eigenvalue weighted by molar-refractivity contribution is 5.96. The number of nitrogens with zero attached hydrogens (tertiary/aromatic N) is 4. The van der Waals surface area contributed by atoms with Gasteiger partial charge in [0.15, 0.2) is 11.6 Å². The molecule has 1 amide bonds. The number of hydrogen-bond acceptors (Lipinski definition) is 5. The maximum atomic E-state index is 12.5. The zero-order valence-corrected chi connectivity index (χ0v) is 16.9. The third-order valence-electron chi connectivity index (χ3n) is 4.90. The van der Waals surface area contributed by atoms with Crippen LogP contribution in [0.2, 0.25) is 0 Å². The van der Waals surface area contributed by atoms with Gasteiger partial charge in [-0.1, -0.05) is 37.3 Å². The number of aromatic nitrogens is 3. The summed E-state index contributed by atoms with van der Waals surface area (Å²) in [5.74, 6) is 0.651. The summed E-state index contributed by atoms with van der Waals surface area (Å²) >= 11 is 0. The monoisotopic (exact) mass is 388 g/mol. The van der Waals surface area contributed by atoms with E-state index in [2.05, 4.69) is 15.0 Å². The summed E-state index contributed by atoms with van der Waals surface area (Å²) in [6, 6.07) is 11.2. The molecule has 6 nitrogen and oxygen atoms in total. The third-order valence-corrected chi connectivity index (χ3v) is 4.90. The lowest BCUT2D eigenvalue weighted by atomic mass is 10.0. The fourth-order valence-corrected chi connectivity index (χ4v) is 3.00. The lowest BCUT2D eigenvalue weighted by molar-refractivity contribution is -0.118. The third kappa shape index (κ3) is 4.90. The van der Waals surface area contributed by atoms with Crippen LogP contribution in [0.15, 0.2) is 55.0 Å². The Labute approximate surface area is 170 Å². The fraction of sp³-hybridized carbons (Fsp3) is 0.261. The number of aryl methyl sites for hydroxylation is 2.